The quantitative estimate of drug-likeness (QED) is 0.634. The number of nitro groups is 1. The summed E-state index contributed by atoms with van der Waals surface area (Å²) in [7, 11) is 0. The average Bonchev–Trinajstić information content (AvgIpc) is 2.37. The second-order valence-corrected chi connectivity index (χ2v) is 4.31. The molecule has 0 saturated carbocycles. The molecule has 0 spiro atoms. The van der Waals surface area contributed by atoms with Crippen molar-refractivity contribution in [3.8, 4) is 5.88 Å². The van der Waals surface area contributed by atoms with Crippen LogP contribution in [0.1, 0.15) is 11.3 Å². The summed E-state index contributed by atoms with van der Waals surface area (Å²) < 4.78 is 5.44. The highest BCUT2D eigenvalue weighted by Gasteiger charge is 2.17. The third-order valence-corrected chi connectivity index (χ3v) is 2.87. The Bertz CT molecular complexity index is 617. The summed E-state index contributed by atoms with van der Waals surface area (Å²) in [6.45, 7) is 1.84. The molecular formula is C13H11ClN2O3. The Morgan fingerprint density at radius 3 is 2.74 bits per heavy atom. The standard InChI is InChI=1S/C13H11ClN2O3/c1-9-4-2-7-13(15-9)19-8-10-11(14)5-3-6-12(10)16(17)18/h2-7H,8H2,1H3. The van der Waals surface area contributed by atoms with E-state index in [1.54, 1.807) is 18.2 Å². The van der Waals surface area contributed by atoms with Gasteiger partial charge >= 0.3 is 0 Å². The Kier molecular flexibility index (Phi) is 3.97. The molecule has 0 amide bonds. The third-order valence-electron chi connectivity index (χ3n) is 2.52. The van der Waals surface area contributed by atoms with Crippen LogP contribution in [0, 0.1) is 17.0 Å². The fraction of sp³-hybridized carbons (Fsp3) is 0.154. The number of hydrogen-bond acceptors (Lipinski definition) is 4. The van der Waals surface area contributed by atoms with Crippen molar-refractivity contribution in [2.75, 3.05) is 0 Å². The molecular weight excluding hydrogens is 268 g/mol. The average molecular weight is 279 g/mol. The molecule has 19 heavy (non-hydrogen) atoms. The van der Waals surface area contributed by atoms with E-state index in [9.17, 15) is 10.1 Å². The summed E-state index contributed by atoms with van der Waals surface area (Å²) >= 11 is 5.97. The number of nitro benzene ring substituents is 1. The Labute approximate surface area is 115 Å². The van der Waals surface area contributed by atoms with E-state index < -0.39 is 4.92 Å². The predicted octanol–water partition coefficient (Wildman–Crippen LogP) is 3.53. The van der Waals surface area contributed by atoms with Gasteiger partial charge in [-0.15, -0.1) is 0 Å². The molecule has 1 aromatic carbocycles. The number of halogens is 1. The van der Waals surface area contributed by atoms with Crippen LogP contribution in [0.15, 0.2) is 36.4 Å². The molecule has 0 atom stereocenters. The second kappa shape index (κ2) is 5.67. The summed E-state index contributed by atoms with van der Waals surface area (Å²) in [6, 6.07) is 9.86. The van der Waals surface area contributed by atoms with Gasteiger partial charge in [0.15, 0.2) is 0 Å². The molecule has 1 aromatic heterocycles. The number of rotatable bonds is 4. The molecule has 0 aliphatic heterocycles. The van der Waals surface area contributed by atoms with Crippen molar-refractivity contribution in [1.82, 2.24) is 4.98 Å². The number of nitrogens with zero attached hydrogens (tertiary/aromatic N) is 2. The van der Waals surface area contributed by atoms with Gasteiger partial charge in [-0.25, -0.2) is 4.98 Å². The third kappa shape index (κ3) is 3.20. The number of aromatic nitrogens is 1. The first kappa shape index (κ1) is 13.3. The maximum absolute atomic E-state index is 10.9. The molecule has 0 unspecified atom stereocenters. The number of benzene rings is 1. The molecule has 0 saturated heterocycles. The fourth-order valence-corrected chi connectivity index (χ4v) is 1.83. The van der Waals surface area contributed by atoms with Crippen molar-refractivity contribution in [1.29, 1.82) is 0 Å². The first-order valence-corrected chi connectivity index (χ1v) is 5.94. The molecule has 0 N–H and O–H groups in total. The van der Waals surface area contributed by atoms with E-state index in [-0.39, 0.29) is 12.3 Å². The van der Waals surface area contributed by atoms with Crippen molar-refractivity contribution in [2.24, 2.45) is 0 Å². The van der Waals surface area contributed by atoms with Crippen LogP contribution in [0.4, 0.5) is 5.69 Å². The maximum atomic E-state index is 10.9. The van der Waals surface area contributed by atoms with Gasteiger partial charge in [0.05, 0.1) is 15.5 Å². The number of ether oxygens (including phenoxy) is 1. The van der Waals surface area contributed by atoms with Crippen LogP contribution >= 0.6 is 11.6 Å². The zero-order valence-electron chi connectivity index (χ0n) is 10.2. The monoisotopic (exact) mass is 278 g/mol. The van der Waals surface area contributed by atoms with Gasteiger partial charge in [0.25, 0.3) is 5.69 Å². The van der Waals surface area contributed by atoms with Gasteiger partial charge in [-0.2, -0.15) is 0 Å². The van der Waals surface area contributed by atoms with Crippen molar-refractivity contribution in [2.45, 2.75) is 13.5 Å². The second-order valence-electron chi connectivity index (χ2n) is 3.90. The highest BCUT2D eigenvalue weighted by atomic mass is 35.5. The molecule has 2 rings (SSSR count). The maximum Gasteiger partial charge on any atom is 0.277 e. The molecule has 0 bridgehead atoms. The van der Waals surface area contributed by atoms with E-state index in [2.05, 4.69) is 4.98 Å². The molecule has 98 valence electrons. The van der Waals surface area contributed by atoms with E-state index in [0.29, 0.717) is 16.5 Å². The van der Waals surface area contributed by atoms with Gasteiger partial charge in [-0.1, -0.05) is 23.7 Å². The Balaban J connectivity index is 2.22. The van der Waals surface area contributed by atoms with Crippen molar-refractivity contribution in [3.63, 3.8) is 0 Å². The lowest BCUT2D eigenvalue weighted by Crippen LogP contribution is -2.02. The lowest BCUT2D eigenvalue weighted by Gasteiger charge is -2.07. The number of hydrogen-bond donors (Lipinski definition) is 0. The molecule has 2 aromatic rings. The Morgan fingerprint density at radius 2 is 2.05 bits per heavy atom. The molecule has 6 heteroatoms. The molecule has 0 fully saturated rings. The van der Waals surface area contributed by atoms with E-state index in [0.717, 1.165) is 5.69 Å². The minimum absolute atomic E-state index is 0.00639. The fourth-order valence-electron chi connectivity index (χ4n) is 1.61. The molecule has 0 radical (unpaired) electrons. The van der Waals surface area contributed by atoms with E-state index in [4.69, 9.17) is 16.3 Å². The van der Waals surface area contributed by atoms with E-state index in [1.807, 2.05) is 13.0 Å². The summed E-state index contributed by atoms with van der Waals surface area (Å²) in [5.74, 6) is 0.411. The molecule has 0 aliphatic rings. The van der Waals surface area contributed by atoms with E-state index >= 15 is 0 Å². The largest absolute Gasteiger partial charge is 0.472 e. The van der Waals surface area contributed by atoms with E-state index in [1.165, 1.54) is 12.1 Å². The minimum atomic E-state index is -0.478. The zero-order valence-corrected chi connectivity index (χ0v) is 10.9. The highest BCUT2D eigenvalue weighted by Crippen LogP contribution is 2.27. The number of aryl methyl sites for hydroxylation is 1. The first-order valence-electron chi connectivity index (χ1n) is 5.56. The van der Waals surface area contributed by atoms with Crippen LogP contribution in [-0.2, 0) is 6.61 Å². The van der Waals surface area contributed by atoms with Gasteiger partial charge < -0.3 is 4.74 Å². The smallest absolute Gasteiger partial charge is 0.277 e. The van der Waals surface area contributed by atoms with Gasteiger partial charge in [0.2, 0.25) is 5.88 Å². The first-order chi connectivity index (χ1) is 9.08. The normalized spacial score (nSPS) is 10.2. The van der Waals surface area contributed by atoms with Crippen LogP contribution < -0.4 is 4.74 Å². The van der Waals surface area contributed by atoms with Crippen molar-refractivity contribution < 1.29 is 9.66 Å². The molecule has 0 aliphatic carbocycles. The summed E-state index contributed by atoms with van der Waals surface area (Å²) in [4.78, 5) is 14.6. The summed E-state index contributed by atoms with van der Waals surface area (Å²) in [5.41, 5.74) is 1.10. The van der Waals surface area contributed by atoms with Crippen LogP contribution in [0.2, 0.25) is 5.02 Å². The predicted molar refractivity (Wildman–Crippen MR) is 71.4 cm³/mol. The number of pyridine rings is 1. The molecule has 1 heterocycles. The van der Waals surface area contributed by atoms with Crippen LogP contribution in [0.25, 0.3) is 0 Å². The Morgan fingerprint density at radius 1 is 1.32 bits per heavy atom. The molecule has 5 nitrogen and oxygen atoms in total. The Hall–Kier alpha value is -2.14. The van der Waals surface area contributed by atoms with Gasteiger partial charge in [0.1, 0.15) is 6.61 Å². The topological polar surface area (TPSA) is 65.3 Å². The summed E-state index contributed by atoms with van der Waals surface area (Å²) in [5, 5.41) is 11.2. The van der Waals surface area contributed by atoms with Crippen LogP contribution in [0.5, 0.6) is 5.88 Å². The van der Waals surface area contributed by atoms with Crippen molar-refractivity contribution in [3.05, 3.63) is 62.8 Å². The van der Waals surface area contributed by atoms with Gasteiger partial charge in [0, 0.05) is 17.8 Å². The summed E-state index contributed by atoms with van der Waals surface area (Å²) in [6.07, 6.45) is 0. The van der Waals surface area contributed by atoms with Crippen LogP contribution in [-0.4, -0.2) is 9.91 Å². The van der Waals surface area contributed by atoms with Gasteiger partial charge in [-0.3, -0.25) is 10.1 Å². The van der Waals surface area contributed by atoms with Crippen molar-refractivity contribution >= 4 is 17.3 Å². The SMILES string of the molecule is Cc1cccc(OCc2c(Cl)cccc2[N+](=O)[O-])n1. The highest BCUT2D eigenvalue weighted by molar-refractivity contribution is 6.31. The lowest BCUT2D eigenvalue weighted by atomic mass is 10.2. The lowest BCUT2D eigenvalue weighted by molar-refractivity contribution is -0.385. The van der Waals surface area contributed by atoms with Gasteiger partial charge in [-0.05, 0) is 19.1 Å². The van der Waals surface area contributed by atoms with Crippen LogP contribution in [0.3, 0.4) is 0 Å². The zero-order chi connectivity index (χ0) is 13.8. The minimum Gasteiger partial charge on any atom is -0.472 e.